The molecule has 2 aliphatic carbocycles. The number of halogens is 2. The number of allylic oxidation sites excluding steroid dienone is 2. The number of phenolic OH excluding ortho intramolecular Hbond substituents is 1. The van der Waals surface area contributed by atoms with Gasteiger partial charge in [0.25, 0.3) is 0 Å². The molecule has 4 amide bonds. The van der Waals surface area contributed by atoms with Crippen molar-refractivity contribution in [3.05, 3.63) is 117 Å². The lowest BCUT2D eigenvalue weighted by Gasteiger charge is -2.49. The van der Waals surface area contributed by atoms with Crippen molar-refractivity contribution in [2.45, 2.75) is 32.6 Å². The molecule has 2 aromatic heterocycles. The Labute approximate surface area is 339 Å². The minimum atomic E-state index is -1.34. The van der Waals surface area contributed by atoms with Crippen LogP contribution in [-0.2, 0) is 26.2 Å². The van der Waals surface area contributed by atoms with Gasteiger partial charge in [-0.25, -0.2) is 4.90 Å². The molecule has 0 unspecified atom stereocenters. The van der Waals surface area contributed by atoms with Crippen LogP contribution in [0, 0.1) is 36.0 Å². The zero-order chi connectivity index (χ0) is 38.9. The smallest absolute Gasteiger partial charge is 0.242 e. The summed E-state index contributed by atoms with van der Waals surface area (Å²) < 4.78 is 3.44. The van der Waals surface area contributed by atoms with Crippen molar-refractivity contribution in [2.75, 3.05) is 9.80 Å². The lowest BCUT2D eigenvalue weighted by Crippen LogP contribution is -2.49. The molecule has 280 valence electrons. The number of aryl methyl sites for hydroxylation is 2. The standard InChI is InChI=1S/C44H34BrClN4O5S/c1-21-30-18-24(46)11-17-34(30)56-39(21)33-20-35(48(3)47-33)50-41(53)32-19-31-27(15-16-28-36(31)42(54)49(40(28)52)25-12-9-23(45)10-13-25)37(44(32,2)43(50)55)29-14-8-22-6-4-5-7-26(22)38(29)51/h4-15,17-18,20,28,31-32,36-37,51H,16,19H2,1-3H3/t28-,31+,32-,36-,37+,44+/m0/s1. The Bertz CT molecular complexity index is 2780. The first-order valence-corrected chi connectivity index (χ1v) is 20.5. The van der Waals surface area contributed by atoms with Crippen LogP contribution in [0.15, 0.2) is 101 Å². The van der Waals surface area contributed by atoms with Gasteiger partial charge in [-0.3, -0.25) is 28.8 Å². The minimum absolute atomic E-state index is 0.0314. The number of hydrogen-bond donors (Lipinski definition) is 1. The van der Waals surface area contributed by atoms with E-state index in [4.69, 9.17) is 16.7 Å². The van der Waals surface area contributed by atoms with Crippen LogP contribution >= 0.6 is 38.9 Å². The van der Waals surface area contributed by atoms with Gasteiger partial charge in [0.05, 0.1) is 33.7 Å². The Morgan fingerprint density at radius 2 is 1.66 bits per heavy atom. The highest BCUT2D eigenvalue weighted by atomic mass is 79.9. The van der Waals surface area contributed by atoms with E-state index in [0.29, 0.717) is 39.6 Å². The summed E-state index contributed by atoms with van der Waals surface area (Å²) in [5, 5.41) is 20.0. The average Bonchev–Trinajstić information content (AvgIpc) is 3.86. The summed E-state index contributed by atoms with van der Waals surface area (Å²) in [7, 11) is 1.72. The molecule has 2 saturated heterocycles. The molecular formula is C44H34BrClN4O5S. The van der Waals surface area contributed by atoms with Crippen LogP contribution in [0.5, 0.6) is 5.75 Å². The first-order chi connectivity index (χ1) is 26.9. The number of amides is 4. The number of anilines is 2. The molecular weight excluding hydrogens is 812 g/mol. The number of rotatable bonds is 4. The van der Waals surface area contributed by atoms with Gasteiger partial charge >= 0.3 is 0 Å². The summed E-state index contributed by atoms with van der Waals surface area (Å²) in [6, 6.07) is 25.9. The highest BCUT2D eigenvalue weighted by molar-refractivity contribution is 9.10. The van der Waals surface area contributed by atoms with Crippen LogP contribution in [-0.4, -0.2) is 38.5 Å². The second kappa shape index (κ2) is 12.4. The van der Waals surface area contributed by atoms with Gasteiger partial charge in [-0.1, -0.05) is 75.6 Å². The fraction of sp³-hybridized carbons (Fsp3) is 0.250. The maximum absolute atomic E-state index is 15.3. The van der Waals surface area contributed by atoms with E-state index in [1.807, 2.05) is 74.5 Å². The first-order valence-electron chi connectivity index (χ1n) is 18.5. The molecule has 12 heteroatoms. The van der Waals surface area contributed by atoms with Crippen molar-refractivity contribution in [2.24, 2.45) is 36.1 Å². The van der Waals surface area contributed by atoms with Crippen LogP contribution in [0.1, 0.15) is 36.8 Å². The normalized spacial score (nSPS) is 25.9. The van der Waals surface area contributed by atoms with Crippen LogP contribution in [0.2, 0.25) is 5.02 Å². The van der Waals surface area contributed by atoms with Crippen LogP contribution in [0.4, 0.5) is 11.5 Å². The highest BCUT2D eigenvalue weighted by Gasteiger charge is 2.68. The molecule has 0 radical (unpaired) electrons. The number of benzene rings is 4. The Balaban J connectivity index is 1.11. The summed E-state index contributed by atoms with van der Waals surface area (Å²) in [5.74, 6) is -4.48. The Morgan fingerprint density at radius 1 is 0.893 bits per heavy atom. The number of carbonyl (C=O) groups is 4. The average molecular weight is 846 g/mol. The topological polar surface area (TPSA) is 113 Å². The van der Waals surface area contributed by atoms with Crippen molar-refractivity contribution in [1.82, 2.24) is 9.78 Å². The van der Waals surface area contributed by atoms with E-state index >= 15 is 9.59 Å². The Hall–Kier alpha value is -5.10. The lowest BCUT2D eigenvalue weighted by atomic mass is 9.51. The third kappa shape index (κ3) is 4.80. The lowest BCUT2D eigenvalue weighted by molar-refractivity contribution is -0.131. The van der Waals surface area contributed by atoms with Gasteiger partial charge in [0.2, 0.25) is 23.6 Å². The third-order valence-electron chi connectivity index (χ3n) is 12.8. The number of nitrogens with zero attached hydrogens (tertiary/aromatic N) is 4. The number of hydrogen-bond acceptors (Lipinski definition) is 7. The van der Waals surface area contributed by atoms with E-state index in [2.05, 4.69) is 15.9 Å². The van der Waals surface area contributed by atoms with Crippen LogP contribution < -0.4 is 9.80 Å². The molecule has 56 heavy (non-hydrogen) atoms. The summed E-state index contributed by atoms with van der Waals surface area (Å²) in [6.45, 7) is 3.84. The maximum atomic E-state index is 15.3. The van der Waals surface area contributed by atoms with E-state index in [-0.39, 0.29) is 29.9 Å². The van der Waals surface area contributed by atoms with Crippen molar-refractivity contribution in [1.29, 1.82) is 0 Å². The second-order valence-corrected chi connectivity index (χ2v) is 18.0. The Morgan fingerprint density at radius 3 is 2.45 bits per heavy atom. The molecule has 4 heterocycles. The van der Waals surface area contributed by atoms with E-state index in [9.17, 15) is 14.7 Å². The summed E-state index contributed by atoms with van der Waals surface area (Å²) in [4.78, 5) is 62.3. The number of aromatic nitrogens is 2. The summed E-state index contributed by atoms with van der Waals surface area (Å²) in [5.41, 5.74) is 2.11. The van der Waals surface area contributed by atoms with E-state index in [1.54, 1.807) is 53.4 Å². The van der Waals surface area contributed by atoms with Gasteiger partial charge in [0.15, 0.2) is 0 Å². The minimum Gasteiger partial charge on any atom is -0.507 e. The molecule has 1 N–H and O–H groups in total. The number of fused-ring (bicyclic) bond motifs is 6. The fourth-order valence-corrected chi connectivity index (χ4v) is 11.7. The Kier molecular flexibility index (Phi) is 7.85. The van der Waals surface area contributed by atoms with Crippen molar-refractivity contribution in [3.8, 4) is 16.3 Å². The predicted octanol–water partition coefficient (Wildman–Crippen LogP) is 9.32. The molecule has 9 nitrogen and oxygen atoms in total. The molecule has 4 aliphatic rings. The van der Waals surface area contributed by atoms with Gasteiger partial charge < -0.3 is 5.11 Å². The quantitative estimate of drug-likeness (QED) is 0.140. The third-order valence-corrected chi connectivity index (χ3v) is 14.9. The number of carbonyl (C=O) groups excluding carboxylic acids is 4. The molecule has 0 spiro atoms. The molecule has 1 saturated carbocycles. The SMILES string of the molecule is Cc1c(-c2cc(N3C(=O)[C@@H]4C[C@@H]5C(=CC[C@@H]6C(=O)N(c7ccc(Br)cc7)C(=O)[C@@H]65)[C@H](c5ccc6ccccc6c5O)[C@]4(C)C3=O)n(C)n2)sc2ccc(Cl)cc12. The fourth-order valence-electron chi connectivity index (χ4n) is 10.1. The van der Waals surface area contributed by atoms with Crippen LogP contribution in [0.25, 0.3) is 31.4 Å². The van der Waals surface area contributed by atoms with Crippen molar-refractivity contribution in [3.63, 3.8) is 0 Å². The van der Waals surface area contributed by atoms with Gasteiger partial charge in [0.1, 0.15) is 17.3 Å². The number of thiophene rings is 1. The van der Waals surface area contributed by atoms with E-state index in [1.165, 1.54) is 9.80 Å². The molecule has 10 rings (SSSR count). The zero-order valence-electron chi connectivity index (χ0n) is 30.5. The predicted molar refractivity (Wildman–Crippen MR) is 221 cm³/mol. The second-order valence-electron chi connectivity index (χ2n) is 15.6. The van der Waals surface area contributed by atoms with Gasteiger partial charge in [-0.2, -0.15) is 5.10 Å². The molecule has 0 bridgehead atoms. The molecule has 6 atom stereocenters. The monoisotopic (exact) mass is 844 g/mol. The molecule has 3 fully saturated rings. The van der Waals surface area contributed by atoms with Crippen LogP contribution in [0.3, 0.4) is 0 Å². The summed E-state index contributed by atoms with van der Waals surface area (Å²) in [6.07, 6.45) is 2.50. The highest BCUT2D eigenvalue weighted by Crippen LogP contribution is 2.65. The van der Waals surface area contributed by atoms with Gasteiger partial charge in [-0.05, 0) is 91.4 Å². The molecule has 6 aromatic rings. The summed E-state index contributed by atoms with van der Waals surface area (Å²) >= 11 is 11.3. The maximum Gasteiger partial charge on any atom is 0.242 e. The first kappa shape index (κ1) is 35.3. The zero-order valence-corrected chi connectivity index (χ0v) is 33.7. The van der Waals surface area contributed by atoms with Gasteiger partial charge in [0, 0.05) is 44.2 Å². The molecule has 2 aliphatic heterocycles. The van der Waals surface area contributed by atoms with Crippen molar-refractivity contribution >= 4 is 94.9 Å². The number of imide groups is 2. The molecule has 4 aromatic carbocycles. The largest absolute Gasteiger partial charge is 0.507 e. The van der Waals surface area contributed by atoms with E-state index in [0.717, 1.165) is 36.0 Å². The number of phenols is 1. The number of aromatic hydroxyl groups is 1. The van der Waals surface area contributed by atoms with Gasteiger partial charge in [-0.15, -0.1) is 11.3 Å². The van der Waals surface area contributed by atoms with Crippen molar-refractivity contribution < 1.29 is 24.3 Å². The van der Waals surface area contributed by atoms with E-state index < -0.39 is 40.9 Å².